The summed E-state index contributed by atoms with van der Waals surface area (Å²) in [7, 11) is 0. The van der Waals surface area contributed by atoms with E-state index in [9.17, 15) is 24.9 Å². The van der Waals surface area contributed by atoms with Crippen molar-refractivity contribution in [3.8, 4) is 11.5 Å². The first-order chi connectivity index (χ1) is 10.5. The van der Waals surface area contributed by atoms with Gasteiger partial charge in [0.15, 0.2) is 11.5 Å². The smallest absolute Gasteiger partial charge is 0.307 e. The maximum absolute atomic E-state index is 12.4. The van der Waals surface area contributed by atoms with E-state index in [2.05, 4.69) is 5.32 Å². The molecule has 4 N–H and O–H groups in total. The summed E-state index contributed by atoms with van der Waals surface area (Å²) in [4.78, 5) is 23.6. The van der Waals surface area contributed by atoms with Gasteiger partial charge in [0.05, 0.1) is 11.8 Å². The number of aliphatic carboxylic acids is 1. The van der Waals surface area contributed by atoms with Gasteiger partial charge in [0.2, 0.25) is 5.91 Å². The monoisotopic (exact) mass is 323 g/mol. The molecule has 128 valence electrons. The van der Waals surface area contributed by atoms with Crippen LogP contribution in [0.2, 0.25) is 0 Å². The van der Waals surface area contributed by atoms with Crippen molar-refractivity contribution < 1.29 is 24.9 Å². The highest BCUT2D eigenvalue weighted by atomic mass is 16.4. The molecule has 1 rings (SSSR count). The van der Waals surface area contributed by atoms with E-state index in [0.29, 0.717) is 13.0 Å². The molecule has 0 aliphatic carbocycles. The Balaban J connectivity index is 2.69. The van der Waals surface area contributed by atoms with Crippen molar-refractivity contribution in [3.63, 3.8) is 0 Å². The van der Waals surface area contributed by atoms with Crippen molar-refractivity contribution in [2.75, 3.05) is 6.54 Å². The number of carboxylic acid groups (broad SMARTS) is 1. The molecule has 23 heavy (non-hydrogen) atoms. The SMILES string of the molecule is CC(C(=O)O)C(C(=O)NCCc1ccc(O)c(O)c1)C(C)(C)C. The zero-order valence-corrected chi connectivity index (χ0v) is 14.0. The molecule has 0 radical (unpaired) electrons. The molecule has 2 unspecified atom stereocenters. The summed E-state index contributed by atoms with van der Waals surface area (Å²) in [6.07, 6.45) is 0.470. The average molecular weight is 323 g/mol. The number of hydrogen-bond donors (Lipinski definition) is 4. The second-order valence-corrected chi connectivity index (χ2v) is 6.83. The van der Waals surface area contributed by atoms with Crippen LogP contribution in [0.3, 0.4) is 0 Å². The van der Waals surface area contributed by atoms with E-state index in [1.165, 1.54) is 19.1 Å². The van der Waals surface area contributed by atoms with E-state index in [-0.39, 0.29) is 17.4 Å². The summed E-state index contributed by atoms with van der Waals surface area (Å²) in [6, 6.07) is 4.47. The molecule has 0 spiro atoms. The molecule has 6 nitrogen and oxygen atoms in total. The fourth-order valence-corrected chi connectivity index (χ4v) is 2.68. The summed E-state index contributed by atoms with van der Waals surface area (Å²) in [5.74, 6) is -3.12. The van der Waals surface area contributed by atoms with Gasteiger partial charge in [-0.05, 0) is 29.5 Å². The zero-order chi connectivity index (χ0) is 17.8. The molecule has 6 heteroatoms. The van der Waals surface area contributed by atoms with E-state index in [1.807, 2.05) is 20.8 Å². The lowest BCUT2D eigenvalue weighted by molar-refractivity contribution is -0.149. The van der Waals surface area contributed by atoms with Gasteiger partial charge in [-0.1, -0.05) is 33.8 Å². The number of carboxylic acids is 1. The van der Waals surface area contributed by atoms with Gasteiger partial charge < -0.3 is 20.6 Å². The zero-order valence-electron chi connectivity index (χ0n) is 14.0. The third kappa shape index (κ3) is 5.16. The number of carbonyl (C=O) groups is 2. The summed E-state index contributed by atoms with van der Waals surface area (Å²) in [6.45, 7) is 7.38. The minimum Gasteiger partial charge on any atom is -0.504 e. The average Bonchev–Trinajstić information content (AvgIpc) is 2.41. The number of nitrogens with one attached hydrogen (secondary N) is 1. The number of phenols is 2. The molecule has 1 aromatic rings. The first kappa shape index (κ1) is 18.8. The van der Waals surface area contributed by atoms with Crippen molar-refractivity contribution >= 4 is 11.9 Å². The topological polar surface area (TPSA) is 107 Å². The van der Waals surface area contributed by atoms with Gasteiger partial charge in [0, 0.05) is 6.54 Å². The van der Waals surface area contributed by atoms with Crippen LogP contribution in [0.1, 0.15) is 33.3 Å². The normalized spacial score (nSPS) is 14.1. The molecule has 1 amide bonds. The Hall–Kier alpha value is -2.24. The summed E-state index contributed by atoms with van der Waals surface area (Å²) < 4.78 is 0. The highest BCUT2D eigenvalue weighted by Gasteiger charge is 2.38. The molecule has 0 saturated carbocycles. The molecule has 2 atom stereocenters. The van der Waals surface area contributed by atoms with Crippen molar-refractivity contribution in [2.45, 2.75) is 34.1 Å². The highest BCUT2D eigenvalue weighted by molar-refractivity contribution is 5.85. The number of amides is 1. The Bertz CT molecular complexity index is 577. The molecule has 0 saturated heterocycles. The Labute approximate surface area is 136 Å². The van der Waals surface area contributed by atoms with Crippen molar-refractivity contribution in [1.82, 2.24) is 5.32 Å². The highest BCUT2D eigenvalue weighted by Crippen LogP contribution is 2.32. The predicted molar refractivity (Wildman–Crippen MR) is 86.2 cm³/mol. The van der Waals surface area contributed by atoms with Gasteiger partial charge in [-0.25, -0.2) is 0 Å². The third-order valence-corrected chi connectivity index (χ3v) is 3.86. The van der Waals surface area contributed by atoms with Crippen LogP contribution in [-0.4, -0.2) is 33.7 Å². The molecule has 0 bridgehead atoms. The van der Waals surface area contributed by atoms with Crippen LogP contribution in [-0.2, 0) is 16.0 Å². The van der Waals surface area contributed by atoms with Gasteiger partial charge in [0.1, 0.15) is 0 Å². The van der Waals surface area contributed by atoms with Gasteiger partial charge in [-0.2, -0.15) is 0 Å². The standard InChI is InChI=1S/C17H25NO5/c1-10(16(22)23)14(17(2,3)4)15(21)18-8-7-11-5-6-12(19)13(20)9-11/h5-6,9-10,14,19-20H,7-8H2,1-4H3,(H,18,21)(H,22,23). The molecule has 1 aromatic carbocycles. The van der Waals surface area contributed by atoms with Gasteiger partial charge in [0.25, 0.3) is 0 Å². The largest absolute Gasteiger partial charge is 0.504 e. The number of hydrogen-bond acceptors (Lipinski definition) is 4. The molecule has 0 aliphatic heterocycles. The van der Waals surface area contributed by atoms with Crippen LogP contribution in [0.15, 0.2) is 18.2 Å². The quantitative estimate of drug-likeness (QED) is 0.600. The number of aromatic hydroxyl groups is 2. The minimum atomic E-state index is -0.997. The molecule has 0 aliphatic rings. The number of phenolic OH excluding ortho intramolecular Hbond substituents is 2. The van der Waals surface area contributed by atoms with Crippen molar-refractivity contribution in [1.29, 1.82) is 0 Å². The van der Waals surface area contributed by atoms with Crippen LogP contribution >= 0.6 is 0 Å². The van der Waals surface area contributed by atoms with Crippen LogP contribution in [0.25, 0.3) is 0 Å². The lowest BCUT2D eigenvalue weighted by atomic mass is 9.73. The van der Waals surface area contributed by atoms with E-state index >= 15 is 0 Å². The lowest BCUT2D eigenvalue weighted by Gasteiger charge is -2.32. The fraction of sp³-hybridized carbons (Fsp3) is 0.529. The van der Waals surface area contributed by atoms with Gasteiger partial charge in [-0.3, -0.25) is 9.59 Å². The van der Waals surface area contributed by atoms with Gasteiger partial charge in [-0.15, -0.1) is 0 Å². The maximum Gasteiger partial charge on any atom is 0.307 e. The van der Waals surface area contributed by atoms with Crippen LogP contribution < -0.4 is 5.32 Å². The number of rotatable bonds is 6. The first-order valence-corrected chi connectivity index (χ1v) is 7.55. The van der Waals surface area contributed by atoms with E-state index < -0.39 is 23.2 Å². The van der Waals surface area contributed by atoms with E-state index in [1.54, 1.807) is 6.07 Å². The van der Waals surface area contributed by atoms with Crippen LogP contribution in [0, 0.1) is 17.3 Å². The lowest BCUT2D eigenvalue weighted by Crippen LogP contribution is -2.44. The van der Waals surface area contributed by atoms with E-state index in [4.69, 9.17) is 0 Å². The number of benzene rings is 1. The third-order valence-electron chi connectivity index (χ3n) is 3.86. The summed E-state index contributed by atoms with van der Waals surface area (Å²) in [5.41, 5.74) is 0.290. The Kier molecular flexibility index (Phi) is 6.01. The number of carbonyl (C=O) groups excluding carboxylic acids is 1. The maximum atomic E-state index is 12.4. The predicted octanol–water partition coefficient (Wildman–Crippen LogP) is 2.14. The molecule has 0 aromatic heterocycles. The van der Waals surface area contributed by atoms with E-state index in [0.717, 1.165) is 5.56 Å². The fourth-order valence-electron chi connectivity index (χ4n) is 2.68. The molecular formula is C17H25NO5. The Morgan fingerprint density at radius 1 is 1.17 bits per heavy atom. The molecule has 0 heterocycles. The Morgan fingerprint density at radius 3 is 2.26 bits per heavy atom. The van der Waals surface area contributed by atoms with Crippen LogP contribution in [0.5, 0.6) is 11.5 Å². The second-order valence-electron chi connectivity index (χ2n) is 6.83. The van der Waals surface area contributed by atoms with Gasteiger partial charge >= 0.3 is 5.97 Å². The second kappa shape index (κ2) is 7.35. The first-order valence-electron chi connectivity index (χ1n) is 7.55. The van der Waals surface area contributed by atoms with Crippen molar-refractivity contribution in [3.05, 3.63) is 23.8 Å². The van der Waals surface area contributed by atoms with Crippen LogP contribution in [0.4, 0.5) is 0 Å². The van der Waals surface area contributed by atoms with Crippen molar-refractivity contribution in [2.24, 2.45) is 17.3 Å². The Morgan fingerprint density at radius 2 is 1.78 bits per heavy atom. The summed E-state index contributed by atoms with van der Waals surface area (Å²) in [5, 5.41) is 30.6. The molecule has 0 fully saturated rings. The minimum absolute atomic E-state index is 0.194. The summed E-state index contributed by atoms with van der Waals surface area (Å²) >= 11 is 0. The molecular weight excluding hydrogens is 298 g/mol.